The number of hydrogen-bond donors (Lipinski definition) is 3. The van der Waals surface area contributed by atoms with E-state index in [1.54, 1.807) is 43.5 Å². The molecule has 0 bridgehead atoms. The van der Waals surface area contributed by atoms with Gasteiger partial charge in [-0.15, -0.1) is 11.3 Å². The maximum absolute atomic E-state index is 12.3. The Morgan fingerprint density at radius 1 is 1.26 bits per heavy atom. The fourth-order valence-corrected chi connectivity index (χ4v) is 3.48. The molecule has 3 aromatic rings. The third-order valence-electron chi connectivity index (χ3n) is 3.41. The number of thiazole rings is 1. The minimum atomic E-state index is -0.456. The number of aryl methyl sites for hydroxylation is 1. The Balaban J connectivity index is 1.57. The Bertz CT molecular complexity index is 971. The third-order valence-corrected chi connectivity index (χ3v) is 5.24. The zero-order chi connectivity index (χ0) is 19.4. The van der Waals surface area contributed by atoms with Crippen LogP contribution in [0, 0.1) is 6.92 Å². The van der Waals surface area contributed by atoms with Crippen molar-refractivity contribution in [1.82, 2.24) is 20.8 Å². The van der Waals surface area contributed by atoms with Gasteiger partial charge in [0.1, 0.15) is 27.9 Å². The summed E-state index contributed by atoms with van der Waals surface area (Å²) in [5.74, 6) is -0.244. The number of amides is 2. The molecular weight excluding hydrogens is 456 g/mol. The topological polar surface area (TPSA) is 96.1 Å². The van der Waals surface area contributed by atoms with Crippen LogP contribution in [0.2, 0.25) is 5.02 Å². The van der Waals surface area contributed by atoms with E-state index in [-0.39, 0.29) is 6.61 Å². The summed E-state index contributed by atoms with van der Waals surface area (Å²) in [6.07, 6.45) is 1.62. The van der Waals surface area contributed by atoms with Crippen LogP contribution in [-0.2, 0) is 6.61 Å². The van der Waals surface area contributed by atoms with Crippen molar-refractivity contribution in [2.24, 2.45) is 0 Å². The average Bonchev–Trinajstić information content (AvgIpc) is 3.24. The minimum absolute atomic E-state index is 0.225. The zero-order valence-electron chi connectivity index (χ0n) is 14.0. The van der Waals surface area contributed by atoms with Crippen molar-refractivity contribution in [3.05, 3.63) is 67.3 Å². The first-order valence-corrected chi connectivity index (χ1v) is 9.70. The molecule has 2 amide bonds. The second-order valence-electron chi connectivity index (χ2n) is 5.40. The van der Waals surface area contributed by atoms with Gasteiger partial charge in [0.05, 0.1) is 5.69 Å². The molecule has 140 valence electrons. The van der Waals surface area contributed by atoms with Gasteiger partial charge in [-0.05, 0) is 53.2 Å². The van der Waals surface area contributed by atoms with Crippen LogP contribution >= 0.6 is 38.9 Å². The molecule has 27 heavy (non-hydrogen) atoms. The lowest BCUT2D eigenvalue weighted by molar-refractivity contribution is 0.0846. The summed E-state index contributed by atoms with van der Waals surface area (Å²) in [4.78, 5) is 31.8. The van der Waals surface area contributed by atoms with Crippen molar-refractivity contribution < 1.29 is 14.3 Å². The van der Waals surface area contributed by atoms with Gasteiger partial charge in [-0.3, -0.25) is 20.4 Å². The summed E-state index contributed by atoms with van der Waals surface area (Å²) >= 11 is 10.3. The van der Waals surface area contributed by atoms with Crippen molar-refractivity contribution >= 4 is 50.7 Å². The van der Waals surface area contributed by atoms with Crippen LogP contribution in [0.15, 0.2) is 41.0 Å². The quantitative estimate of drug-likeness (QED) is 0.495. The minimum Gasteiger partial charge on any atom is -0.486 e. The van der Waals surface area contributed by atoms with Gasteiger partial charge in [0, 0.05) is 15.7 Å². The molecule has 2 heterocycles. The number of rotatable bonds is 5. The number of halogens is 2. The number of carbonyl (C=O) groups excluding carboxylic acids is 2. The Hall–Kier alpha value is -2.36. The van der Waals surface area contributed by atoms with E-state index in [4.69, 9.17) is 16.3 Å². The first-order valence-electron chi connectivity index (χ1n) is 7.71. The molecule has 1 aromatic carbocycles. The smallest absolute Gasteiger partial charge is 0.286 e. The first kappa shape index (κ1) is 19.4. The SMILES string of the molecule is Cc1nc(COc2ccc(Cl)cc2)sc1C(=O)NNC(=O)c1cc(Br)c[nH]1. The highest BCUT2D eigenvalue weighted by molar-refractivity contribution is 9.10. The summed E-state index contributed by atoms with van der Waals surface area (Å²) in [7, 11) is 0. The fraction of sp³-hybridized carbons (Fsp3) is 0.118. The second kappa shape index (κ2) is 8.55. The van der Waals surface area contributed by atoms with Crippen molar-refractivity contribution in [3.63, 3.8) is 0 Å². The van der Waals surface area contributed by atoms with E-state index in [2.05, 4.69) is 36.7 Å². The Labute approximate surface area is 172 Å². The molecule has 10 heteroatoms. The van der Waals surface area contributed by atoms with Crippen LogP contribution in [0.4, 0.5) is 0 Å². The molecule has 0 radical (unpaired) electrons. The van der Waals surface area contributed by atoms with Crippen molar-refractivity contribution in [2.75, 3.05) is 0 Å². The van der Waals surface area contributed by atoms with Crippen LogP contribution in [0.1, 0.15) is 30.9 Å². The molecule has 0 aliphatic rings. The van der Waals surface area contributed by atoms with E-state index in [0.717, 1.165) is 4.47 Å². The Kier molecular flexibility index (Phi) is 6.15. The van der Waals surface area contributed by atoms with E-state index in [1.165, 1.54) is 11.3 Å². The second-order valence-corrected chi connectivity index (χ2v) is 7.84. The van der Waals surface area contributed by atoms with Crippen molar-refractivity contribution in [2.45, 2.75) is 13.5 Å². The summed E-state index contributed by atoms with van der Waals surface area (Å²) in [6, 6.07) is 8.57. The van der Waals surface area contributed by atoms with Crippen molar-refractivity contribution in [1.29, 1.82) is 0 Å². The Morgan fingerprint density at radius 3 is 2.63 bits per heavy atom. The molecule has 0 saturated heterocycles. The normalized spacial score (nSPS) is 10.5. The van der Waals surface area contributed by atoms with Gasteiger partial charge in [0.25, 0.3) is 11.8 Å². The molecule has 2 aromatic heterocycles. The predicted octanol–water partition coefficient (Wildman–Crippen LogP) is 3.85. The molecule has 0 spiro atoms. The number of nitrogens with zero attached hydrogens (tertiary/aromatic N) is 1. The molecule has 3 rings (SSSR count). The molecule has 3 N–H and O–H groups in total. The van der Waals surface area contributed by atoms with Gasteiger partial charge in [-0.1, -0.05) is 11.6 Å². The number of nitrogens with one attached hydrogen (secondary N) is 3. The van der Waals surface area contributed by atoms with Crippen LogP contribution in [0.25, 0.3) is 0 Å². The van der Waals surface area contributed by atoms with Crippen LogP contribution in [-0.4, -0.2) is 21.8 Å². The third kappa shape index (κ3) is 5.09. The highest BCUT2D eigenvalue weighted by Crippen LogP contribution is 2.21. The average molecular weight is 470 g/mol. The standard InChI is InChI=1S/C17H14BrClN4O3S/c1-9-15(17(25)23-22-16(24)13-6-10(18)7-20-13)27-14(21-9)8-26-12-4-2-11(19)3-5-12/h2-7,20H,8H2,1H3,(H,22,24)(H,23,25). The maximum Gasteiger partial charge on any atom is 0.286 e. The monoisotopic (exact) mass is 468 g/mol. The molecule has 0 aliphatic carbocycles. The Morgan fingerprint density at radius 2 is 1.96 bits per heavy atom. The van der Waals surface area contributed by atoms with Crippen LogP contribution in [0.5, 0.6) is 5.75 Å². The maximum atomic E-state index is 12.3. The van der Waals surface area contributed by atoms with Gasteiger partial charge in [-0.25, -0.2) is 4.98 Å². The van der Waals surface area contributed by atoms with E-state index >= 15 is 0 Å². The number of aromatic amines is 1. The summed E-state index contributed by atoms with van der Waals surface area (Å²) < 4.78 is 6.37. The van der Waals surface area contributed by atoms with E-state index in [1.807, 2.05) is 0 Å². The molecule has 7 nitrogen and oxygen atoms in total. The zero-order valence-corrected chi connectivity index (χ0v) is 17.2. The van der Waals surface area contributed by atoms with Crippen LogP contribution < -0.4 is 15.6 Å². The lowest BCUT2D eigenvalue weighted by atomic mass is 10.3. The highest BCUT2D eigenvalue weighted by atomic mass is 79.9. The number of carbonyl (C=O) groups is 2. The van der Waals surface area contributed by atoms with E-state index in [0.29, 0.717) is 32.0 Å². The van der Waals surface area contributed by atoms with Crippen LogP contribution in [0.3, 0.4) is 0 Å². The highest BCUT2D eigenvalue weighted by Gasteiger charge is 2.17. The lowest BCUT2D eigenvalue weighted by Gasteiger charge is -2.05. The van der Waals surface area contributed by atoms with Gasteiger partial charge < -0.3 is 9.72 Å². The van der Waals surface area contributed by atoms with Gasteiger partial charge in [0.2, 0.25) is 0 Å². The van der Waals surface area contributed by atoms with Gasteiger partial charge in [-0.2, -0.15) is 0 Å². The van der Waals surface area contributed by atoms with E-state index < -0.39 is 11.8 Å². The first-order chi connectivity index (χ1) is 12.9. The molecule has 0 fully saturated rings. The number of benzene rings is 1. The summed E-state index contributed by atoms with van der Waals surface area (Å²) in [6.45, 7) is 1.95. The fourth-order valence-electron chi connectivity index (χ4n) is 2.14. The van der Waals surface area contributed by atoms with Crippen molar-refractivity contribution in [3.8, 4) is 5.75 Å². The number of aromatic nitrogens is 2. The van der Waals surface area contributed by atoms with E-state index in [9.17, 15) is 9.59 Å². The summed E-state index contributed by atoms with van der Waals surface area (Å²) in [5.41, 5.74) is 5.62. The number of ether oxygens (including phenoxy) is 1. The summed E-state index contributed by atoms with van der Waals surface area (Å²) in [5, 5.41) is 1.27. The number of H-pyrrole nitrogens is 1. The van der Waals surface area contributed by atoms with Gasteiger partial charge in [0.15, 0.2) is 0 Å². The molecular formula is C17H14BrClN4O3S. The molecule has 0 unspecified atom stereocenters. The molecule has 0 atom stereocenters. The number of hydrogen-bond acceptors (Lipinski definition) is 5. The largest absolute Gasteiger partial charge is 0.486 e. The molecule has 0 aliphatic heterocycles. The molecule has 0 saturated carbocycles. The predicted molar refractivity (Wildman–Crippen MR) is 106 cm³/mol. The lowest BCUT2D eigenvalue weighted by Crippen LogP contribution is -2.41. The van der Waals surface area contributed by atoms with Gasteiger partial charge >= 0.3 is 0 Å². The number of hydrazine groups is 1.